The summed E-state index contributed by atoms with van der Waals surface area (Å²) in [7, 11) is 2.15. The Kier molecular flexibility index (Phi) is 5.87. The number of benzene rings is 2. The molecule has 3 nitrogen and oxygen atoms in total. The van der Waals surface area contributed by atoms with Gasteiger partial charge in [-0.1, -0.05) is 48.5 Å². The number of amides is 1. The summed E-state index contributed by atoms with van der Waals surface area (Å²) in [6, 6.07) is 17.5. The molecule has 1 unspecified atom stereocenters. The molecule has 3 rings (SSSR count). The third-order valence-corrected chi connectivity index (χ3v) is 5.38. The molecule has 0 fully saturated rings. The molecule has 0 saturated carbocycles. The fourth-order valence-corrected chi connectivity index (χ4v) is 3.93. The minimum Gasteiger partial charge on any atom is -0.351 e. The molecule has 1 aliphatic carbocycles. The zero-order valence-electron chi connectivity index (χ0n) is 15.3. The molecule has 0 saturated heterocycles. The number of quaternary nitrogens is 1. The Morgan fingerprint density at radius 2 is 1.92 bits per heavy atom. The van der Waals surface area contributed by atoms with Gasteiger partial charge in [0.25, 0.3) is 5.91 Å². The highest BCUT2D eigenvalue weighted by Crippen LogP contribution is 2.27. The van der Waals surface area contributed by atoms with Gasteiger partial charge in [0, 0.05) is 18.5 Å². The second-order valence-corrected chi connectivity index (χ2v) is 7.19. The van der Waals surface area contributed by atoms with Crippen LogP contribution in [0, 0.1) is 6.92 Å². The van der Waals surface area contributed by atoms with E-state index in [9.17, 15) is 4.79 Å². The van der Waals surface area contributed by atoms with Gasteiger partial charge in [-0.3, -0.25) is 4.79 Å². The predicted molar refractivity (Wildman–Crippen MR) is 102 cm³/mol. The first kappa shape index (κ1) is 17.7. The Labute approximate surface area is 151 Å². The first-order valence-electron chi connectivity index (χ1n) is 9.36. The van der Waals surface area contributed by atoms with Gasteiger partial charge >= 0.3 is 0 Å². The molecule has 0 bridgehead atoms. The monoisotopic (exact) mass is 337 g/mol. The highest BCUT2D eigenvalue weighted by atomic mass is 16.2. The molecule has 1 amide bonds. The fraction of sp³-hybridized carbons (Fsp3) is 0.409. The molecule has 2 atom stereocenters. The molecule has 25 heavy (non-hydrogen) atoms. The van der Waals surface area contributed by atoms with Crippen LogP contribution in [0.3, 0.4) is 0 Å². The largest absolute Gasteiger partial charge is 0.351 e. The van der Waals surface area contributed by atoms with Gasteiger partial charge in [-0.15, -0.1) is 0 Å². The molecule has 2 aromatic carbocycles. The molecule has 0 aliphatic heterocycles. The number of carbonyl (C=O) groups excluding carboxylic acids is 1. The van der Waals surface area contributed by atoms with Crippen LogP contribution in [0.15, 0.2) is 48.5 Å². The van der Waals surface area contributed by atoms with Crippen LogP contribution in [0.1, 0.15) is 41.1 Å². The summed E-state index contributed by atoms with van der Waals surface area (Å²) in [5.74, 6) is 0.147. The van der Waals surface area contributed by atoms with Crippen molar-refractivity contribution >= 4 is 5.91 Å². The number of likely N-dealkylation sites (N-methyl/N-ethyl adjacent to an activating group) is 1. The maximum atomic E-state index is 12.4. The first-order valence-corrected chi connectivity index (χ1v) is 9.36. The maximum Gasteiger partial charge on any atom is 0.275 e. The lowest BCUT2D eigenvalue weighted by molar-refractivity contribution is -0.905. The van der Waals surface area contributed by atoms with E-state index in [2.05, 4.69) is 67.8 Å². The van der Waals surface area contributed by atoms with E-state index in [1.165, 1.54) is 46.4 Å². The SMILES string of the molecule is Cc1ccccc1CCNC(=O)C[NH+](C)[C@H]1CCCc2ccccc21. The molecule has 0 spiro atoms. The van der Waals surface area contributed by atoms with E-state index in [1.807, 2.05) is 0 Å². The topological polar surface area (TPSA) is 33.5 Å². The molecular weight excluding hydrogens is 308 g/mol. The lowest BCUT2D eigenvalue weighted by Crippen LogP contribution is -3.10. The van der Waals surface area contributed by atoms with E-state index in [0.29, 0.717) is 19.1 Å². The number of hydrogen-bond acceptors (Lipinski definition) is 1. The zero-order valence-corrected chi connectivity index (χ0v) is 15.3. The van der Waals surface area contributed by atoms with E-state index in [1.54, 1.807) is 0 Å². The summed E-state index contributed by atoms with van der Waals surface area (Å²) < 4.78 is 0. The van der Waals surface area contributed by atoms with Crippen LogP contribution in [0.2, 0.25) is 0 Å². The van der Waals surface area contributed by atoms with Crippen molar-refractivity contribution in [3.8, 4) is 0 Å². The van der Waals surface area contributed by atoms with Crippen molar-refractivity contribution in [3.63, 3.8) is 0 Å². The minimum absolute atomic E-state index is 0.147. The standard InChI is InChI=1S/C22H28N2O/c1-17-8-3-4-9-18(17)14-15-23-22(25)16-24(2)21-13-7-11-19-10-5-6-12-20(19)21/h3-6,8-10,12,21H,7,11,13-16H2,1-2H3,(H,23,25)/p+1/t21-/m0/s1. The van der Waals surface area contributed by atoms with Gasteiger partial charge in [-0.05, 0) is 42.9 Å². The number of fused-ring (bicyclic) bond motifs is 1. The second-order valence-electron chi connectivity index (χ2n) is 7.19. The summed E-state index contributed by atoms with van der Waals surface area (Å²) in [6.45, 7) is 3.36. The van der Waals surface area contributed by atoms with Gasteiger partial charge in [0.05, 0.1) is 7.05 Å². The number of carbonyl (C=O) groups is 1. The molecule has 2 aromatic rings. The number of rotatable bonds is 6. The average molecular weight is 337 g/mol. The predicted octanol–water partition coefficient (Wildman–Crippen LogP) is 2.25. The van der Waals surface area contributed by atoms with Gasteiger partial charge in [0.1, 0.15) is 6.04 Å². The van der Waals surface area contributed by atoms with E-state index in [0.717, 1.165) is 6.42 Å². The van der Waals surface area contributed by atoms with E-state index < -0.39 is 0 Å². The molecule has 3 heteroatoms. The van der Waals surface area contributed by atoms with E-state index >= 15 is 0 Å². The fourth-order valence-electron chi connectivity index (χ4n) is 3.93. The molecule has 2 N–H and O–H groups in total. The lowest BCUT2D eigenvalue weighted by atomic mass is 9.87. The van der Waals surface area contributed by atoms with Crippen LogP contribution in [0.4, 0.5) is 0 Å². The summed E-state index contributed by atoms with van der Waals surface area (Å²) in [5.41, 5.74) is 5.49. The zero-order chi connectivity index (χ0) is 17.6. The first-order chi connectivity index (χ1) is 12.1. The van der Waals surface area contributed by atoms with Gasteiger partial charge in [-0.2, -0.15) is 0 Å². The third-order valence-electron chi connectivity index (χ3n) is 5.38. The van der Waals surface area contributed by atoms with Crippen molar-refractivity contribution in [1.82, 2.24) is 5.32 Å². The molecule has 132 valence electrons. The minimum atomic E-state index is 0.147. The average Bonchev–Trinajstić information content (AvgIpc) is 2.62. The van der Waals surface area contributed by atoms with Crippen LogP contribution in [-0.2, 0) is 17.6 Å². The van der Waals surface area contributed by atoms with Gasteiger partial charge in [0.2, 0.25) is 0 Å². The Bertz CT molecular complexity index is 725. The smallest absolute Gasteiger partial charge is 0.275 e. The van der Waals surface area contributed by atoms with Crippen LogP contribution in [0.25, 0.3) is 0 Å². The highest BCUT2D eigenvalue weighted by Gasteiger charge is 2.27. The Balaban J connectivity index is 1.51. The molecule has 0 heterocycles. The van der Waals surface area contributed by atoms with Crippen LogP contribution in [0.5, 0.6) is 0 Å². The Morgan fingerprint density at radius 1 is 1.16 bits per heavy atom. The van der Waals surface area contributed by atoms with E-state index in [-0.39, 0.29) is 5.91 Å². The third kappa shape index (κ3) is 4.49. The summed E-state index contributed by atoms with van der Waals surface area (Å²) in [5, 5.41) is 3.09. The van der Waals surface area contributed by atoms with Crippen molar-refractivity contribution in [2.24, 2.45) is 0 Å². The molecule has 0 radical (unpaired) electrons. The second kappa shape index (κ2) is 8.30. The van der Waals surface area contributed by atoms with Crippen LogP contribution in [-0.4, -0.2) is 26.0 Å². The quantitative estimate of drug-likeness (QED) is 0.833. The van der Waals surface area contributed by atoms with Crippen LogP contribution >= 0.6 is 0 Å². The normalized spacial score (nSPS) is 17.6. The Hall–Kier alpha value is -2.13. The van der Waals surface area contributed by atoms with Gasteiger partial charge < -0.3 is 10.2 Å². The van der Waals surface area contributed by atoms with Gasteiger partial charge in [0.15, 0.2) is 6.54 Å². The van der Waals surface area contributed by atoms with Crippen LogP contribution < -0.4 is 10.2 Å². The van der Waals surface area contributed by atoms with Crippen molar-refractivity contribution in [2.75, 3.05) is 20.1 Å². The molecule has 1 aliphatic rings. The lowest BCUT2D eigenvalue weighted by Gasteiger charge is -2.30. The van der Waals surface area contributed by atoms with Crippen molar-refractivity contribution < 1.29 is 9.69 Å². The highest BCUT2D eigenvalue weighted by molar-refractivity contribution is 5.76. The summed E-state index contributed by atoms with van der Waals surface area (Å²) in [4.78, 5) is 13.6. The Morgan fingerprint density at radius 3 is 2.76 bits per heavy atom. The molecule has 0 aromatic heterocycles. The van der Waals surface area contributed by atoms with Crippen molar-refractivity contribution in [1.29, 1.82) is 0 Å². The summed E-state index contributed by atoms with van der Waals surface area (Å²) in [6.07, 6.45) is 4.44. The number of nitrogens with one attached hydrogen (secondary N) is 2. The number of hydrogen-bond donors (Lipinski definition) is 2. The van der Waals surface area contributed by atoms with Gasteiger partial charge in [-0.25, -0.2) is 0 Å². The number of aryl methyl sites for hydroxylation is 2. The van der Waals surface area contributed by atoms with Crippen molar-refractivity contribution in [3.05, 3.63) is 70.8 Å². The maximum absolute atomic E-state index is 12.4. The summed E-state index contributed by atoms with van der Waals surface area (Å²) >= 11 is 0. The van der Waals surface area contributed by atoms with Crippen molar-refractivity contribution in [2.45, 2.75) is 38.6 Å². The molecular formula is C22H29N2O+. The van der Waals surface area contributed by atoms with E-state index in [4.69, 9.17) is 0 Å².